The van der Waals surface area contributed by atoms with E-state index in [9.17, 15) is 36.2 Å². The van der Waals surface area contributed by atoms with E-state index in [0.717, 1.165) is 37.7 Å². The number of benzene rings is 2. The number of halogens is 6. The average molecular weight is 570 g/mol. The number of carbonyl (C=O) groups is 1. The zero-order valence-electron chi connectivity index (χ0n) is 22.0. The van der Waals surface area contributed by atoms with Crippen molar-refractivity contribution in [1.29, 1.82) is 0 Å². The summed E-state index contributed by atoms with van der Waals surface area (Å²) in [5.74, 6) is -1.74. The number of fused-ring (bicyclic) bond motifs is 1. The van der Waals surface area contributed by atoms with Crippen molar-refractivity contribution in [2.45, 2.75) is 94.7 Å². The fourth-order valence-electron chi connectivity index (χ4n) is 8.56. The molecule has 2 atom stereocenters. The lowest BCUT2D eigenvalue weighted by Gasteiger charge is -2.60. The van der Waals surface area contributed by atoms with Gasteiger partial charge in [-0.1, -0.05) is 18.2 Å². The molecule has 218 valence electrons. The Morgan fingerprint density at radius 3 is 2.23 bits per heavy atom. The molecule has 0 heterocycles. The van der Waals surface area contributed by atoms with Crippen LogP contribution in [-0.2, 0) is 17.5 Å². The SMILES string of the molecule is O=C(O)C12CC3CC(CC(NCc4ccc5c(C(F)(F)F)c(O[C@H]6CC[C@@H](C(F)(F)F)CC6)ccc5c4)(C3)C1)C2. The number of carboxylic acid groups (broad SMARTS) is 1. The van der Waals surface area contributed by atoms with Gasteiger partial charge in [0.2, 0.25) is 0 Å². The predicted octanol–water partition coefficient (Wildman–Crippen LogP) is 7.87. The second-order valence-corrected chi connectivity index (χ2v) is 12.8. The fourth-order valence-corrected chi connectivity index (χ4v) is 8.56. The van der Waals surface area contributed by atoms with Gasteiger partial charge in [0.15, 0.2) is 0 Å². The maximum atomic E-state index is 14.2. The molecule has 2 aromatic carbocycles. The number of hydrogen-bond acceptors (Lipinski definition) is 3. The van der Waals surface area contributed by atoms with Crippen molar-refractivity contribution in [3.8, 4) is 5.75 Å². The van der Waals surface area contributed by atoms with Crippen LogP contribution in [0.3, 0.4) is 0 Å². The molecule has 2 aromatic rings. The highest BCUT2D eigenvalue weighted by atomic mass is 19.4. The molecule has 2 N–H and O–H groups in total. The van der Waals surface area contributed by atoms with Gasteiger partial charge in [-0.3, -0.25) is 4.79 Å². The molecule has 5 saturated carbocycles. The van der Waals surface area contributed by atoms with Crippen molar-refractivity contribution < 1.29 is 41.0 Å². The first-order chi connectivity index (χ1) is 18.8. The van der Waals surface area contributed by atoms with E-state index in [1.165, 1.54) is 12.1 Å². The predicted molar refractivity (Wildman–Crippen MR) is 136 cm³/mol. The molecule has 0 saturated heterocycles. The summed E-state index contributed by atoms with van der Waals surface area (Å²) in [6.07, 6.45) is -4.95. The van der Waals surface area contributed by atoms with E-state index >= 15 is 0 Å². The van der Waals surface area contributed by atoms with Crippen LogP contribution in [0.5, 0.6) is 5.75 Å². The first-order valence-corrected chi connectivity index (χ1v) is 14.1. The Morgan fingerprint density at radius 2 is 1.62 bits per heavy atom. The maximum absolute atomic E-state index is 14.2. The molecule has 5 aliphatic carbocycles. The number of aliphatic carboxylic acids is 1. The van der Waals surface area contributed by atoms with Crippen LogP contribution in [0.4, 0.5) is 26.3 Å². The van der Waals surface area contributed by atoms with E-state index in [1.807, 2.05) is 0 Å². The molecule has 2 unspecified atom stereocenters. The standard InChI is InChI=1S/C30H33F6NO3/c31-29(32,33)21-3-5-22(6-4-21)40-24-8-2-20-10-17(1-7-23(20)25(24)30(34,35)36)15-37-28-13-18-9-19(14-28)12-27(11-18,16-28)26(38)39/h1-2,7-8,10,18-19,21-22,37H,3-6,9,11-16H2,(H,38,39)/t18?,19?,21-,22+,27?,28?. The molecule has 0 aliphatic heterocycles. The second-order valence-electron chi connectivity index (χ2n) is 12.8. The fraction of sp³-hybridized carbons (Fsp3) is 0.633. The first-order valence-electron chi connectivity index (χ1n) is 14.1. The summed E-state index contributed by atoms with van der Waals surface area (Å²) in [6, 6.07) is 7.63. The molecule has 0 aromatic heterocycles. The van der Waals surface area contributed by atoms with Gasteiger partial charge in [-0.2, -0.15) is 26.3 Å². The zero-order valence-corrected chi connectivity index (χ0v) is 22.0. The number of carboxylic acids is 1. The molecule has 5 fully saturated rings. The van der Waals surface area contributed by atoms with Gasteiger partial charge in [-0.25, -0.2) is 0 Å². The van der Waals surface area contributed by atoms with Gasteiger partial charge in [0, 0.05) is 12.1 Å². The maximum Gasteiger partial charge on any atom is 0.420 e. The third-order valence-corrected chi connectivity index (χ3v) is 9.94. The van der Waals surface area contributed by atoms with E-state index in [4.69, 9.17) is 4.74 Å². The minimum absolute atomic E-state index is 0.0163. The zero-order chi connectivity index (χ0) is 28.5. The van der Waals surface area contributed by atoms with Gasteiger partial charge >= 0.3 is 18.3 Å². The molecule has 4 bridgehead atoms. The molecule has 4 nitrogen and oxygen atoms in total. The van der Waals surface area contributed by atoms with Gasteiger partial charge in [0.05, 0.1) is 17.4 Å². The number of nitrogens with one attached hydrogen (secondary N) is 1. The largest absolute Gasteiger partial charge is 0.490 e. The lowest BCUT2D eigenvalue weighted by atomic mass is 9.47. The van der Waals surface area contributed by atoms with Crippen LogP contribution >= 0.6 is 0 Å². The van der Waals surface area contributed by atoms with Crippen molar-refractivity contribution in [3.05, 3.63) is 41.5 Å². The lowest BCUT2D eigenvalue weighted by molar-refractivity contribution is -0.185. The molecular formula is C30H33F6NO3. The summed E-state index contributed by atoms with van der Waals surface area (Å²) < 4.78 is 87.4. The highest BCUT2D eigenvalue weighted by molar-refractivity contribution is 5.89. The molecule has 0 amide bonds. The average Bonchev–Trinajstić information content (AvgIpc) is 2.85. The van der Waals surface area contributed by atoms with E-state index in [2.05, 4.69) is 5.32 Å². The molecule has 7 rings (SSSR count). The van der Waals surface area contributed by atoms with E-state index < -0.39 is 41.3 Å². The smallest absolute Gasteiger partial charge is 0.420 e. The summed E-state index contributed by atoms with van der Waals surface area (Å²) >= 11 is 0. The van der Waals surface area contributed by atoms with Crippen LogP contribution in [0.1, 0.15) is 75.3 Å². The summed E-state index contributed by atoms with van der Waals surface area (Å²) in [5.41, 5.74) is -1.05. The van der Waals surface area contributed by atoms with E-state index in [1.54, 1.807) is 18.2 Å². The van der Waals surface area contributed by atoms with Crippen molar-refractivity contribution in [2.75, 3.05) is 0 Å². The number of hydrogen-bond donors (Lipinski definition) is 2. The molecule has 0 radical (unpaired) electrons. The van der Waals surface area contributed by atoms with Crippen molar-refractivity contribution in [2.24, 2.45) is 23.2 Å². The topological polar surface area (TPSA) is 58.6 Å². The summed E-state index contributed by atoms with van der Waals surface area (Å²) in [7, 11) is 0. The van der Waals surface area contributed by atoms with E-state index in [-0.39, 0.29) is 42.4 Å². The van der Waals surface area contributed by atoms with Crippen molar-refractivity contribution in [3.63, 3.8) is 0 Å². The van der Waals surface area contributed by atoms with Gasteiger partial charge in [0.1, 0.15) is 11.3 Å². The normalized spacial score (nSPS) is 33.9. The number of alkyl halides is 6. The third kappa shape index (κ3) is 5.05. The van der Waals surface area contributed by atoms with Crippen LogP contribution in [0.25, 0.3) is 10.8 Å². The molecular weight excluding hydrogens is 536 g/mol. The van der Waals surface area contributed by atoms with Crippen LogP contribution < -0.4 is 10.1 Å². The van der Waals surface area contributed by atoms with Gasteiger partial charge < -0.3 is 15.2 Å². The van der Waals surface area contributed by atoms with E-state index in [0.29, 0.717) is 30.2 Å². The molecule has 10 heteroatoms. The Morgan fingerprint density at radius 1 is 0.950 bits per heavy atom. The Kier molecular flexibility index (Phi) is 6.59. The Hall–Kier alpha value is -2.49. The van der Waals surface area contributed by atoms with Crippen molar-refractivity contribution >= 4 is 16.7 Å². The molecule has 40 heavy (non-hydrogen) atoms. The quantitative estimate of drug-likeness (QED) is 0.348. The van der Waals surface area contributed by atoms with Crippen LogP contribution in [0, 0.1) is 23.2 Å². The van der Waals surface area contributed by atoms with Crippen LogP contribution in [0.15, 0.2) is 30.3 Å². The Labute approximate surface area is 228 Å². The van der Waals surface area contributed by atoms with Crippen LogP contribution in [-0.4, -0.2) is 28.9 Å². The highest BCUT2D eigenvalue weighted by Crippen LogP contribution is 2.61. The Balaban J connectivity index is 1.20. The third-order valence-electron chi connectivity index (χ3n) is 9.94. The van der Waals surface area contributed by atoms with Gasteiger partial charge in [-0.15, -0.1) is 0 Å². The second kappa shape index (κ2) is 9.53. The minimum Gasteiger partial charge on any atom is -0.490 e. The molecule has 5 aliphatic rings. The minimum atomic E-state index is -4.71. The molecule has 0 spiro atoms. The first kappa shape index (κ1) is 27.7. The summed E-state index contributed by atoms with van der Waals surface area (Å²) in [6.45, 7) is 0.424. The van der Waals surface area contributed by atoms with Crippen molar-refractivity contribution in [1.82, 2.24) is 5.32 Å². The lowest BCUT2D eigenvalue weighted by Crippen LogP contribution is -2.63. The summed E-state index contributed by atoms with van der Waals surface area (Å²) in [5, 5.41) is 14.0. The van der Waals surface area contributed by atoms with Gasteiger partial charge in [-0.05, 0) is 105 Å². The number of rotatable bonds is 6. The Bertz CT molecular complexity index is 1280. The van der Waals surface area contributed by atoms with Gasteiger partial charge in [0.25, 0.3) is 0 Å². The monoisotopic (exact) mass is 569 g/mol. The summed E-state index contributed by atoms with van der Waals surface area (Å²) in [4.78, 5) is 12.2. The highest BCUT2D eigenvalue weighted by Gasteiger charge is 2.60. The number of ether oxygens (including phenoxy) is 1. The van der Waals surface area contributed by atoms with Crippen LogP contribution in [0.2, 0.25) is 0 Å².